The van der Waals surface area contributed by atoms with Crippen LogP contribution in [0.4, 0.5) is 10.9 Å². The van der Waals surface area contributed by atoms with Gasteiger partial charge in [-0.15, -0.1) is 11.3 Å². The molecule has 4 rings (SSSR count). The molecule has 1 aliphatic heterocycles. The number of nitrogen functional groups attached to an aromatic ring is 1. The van der Waals surface area contributed by atoms with E-state index >= 15 is 0 Å². The summed E-state index contributed by atoms with van der Waals surface area (Å²) in [7, 11) is 0. The highest BCUT2D eigenvalue weighted by atomic mass is 32.1. The molecule has 0 unspecified atom stereocenters. The lowest BCUT2D eigenvalue weighted by Gasteiger charge is -2.26. The highest BCUT2D eigenvalue weighted by Crippen LogP contribution is 2.44. The van der Waals surface area contributed by atoms with Crippen LogP contribution in [0.3, 0.4) is 0 Å². The van der Waals surface area contributed by atoms with E-state index < -0.39 is 0 Å². The lowest BCUT2D eigenvalue weighted by atomic mass is 9.78. The van der Waals surface area contributed by atoms with Crippen LogP contribution in [0.2, 0.25) is 0 Å². The Hall–Kier alpha value is -2.76. The maximum Gasteiger partial charge on any atom is 0.225 e. The summed E-state index contributed by atoms with van der Waals surface area (Å²) in [5.41, 5.74) is 11.3. The molecule has 2 aromatic rings. The minimum Gasteiger partial charge on any atom is -0.389 e. The van der Waals surface area contributed by atoms with Gasteiger partial charge in [0.05, 0.1) is 11.3 Å². The largest absolute Gasteiger partial charge is 0.389 e. The van der Waals surface area contributed by atoms with Gasteiger partial charge in [0.1, 0.15) is 11.1 Å². The fourth-order valence-corrected chi connectivity index (χ4v) is 6.10. The van der Waals surface area contributed by atoms with Crippen LogP contribution < -0.4 is 16.0 Å². The van der Waals surface area contributed by atoms with Crippen molar-refractivity contribution in [1.29, 1.82) is 10.7 Å². The van der Waals surface area contributed by atoms with Crippen LogP contribution in [0.25, 0.3) is 5.57 Å². The first kappa shape index (κ1) is 23.4. The third-order valence-electron chi connectivity index (χ3n) is 6.68. The molecule has 1 fully saturated rings. The van der Waals surface area contributed by atoms with Gasteiger partial charge in [0, 0.05) is 42.3 Å². The van der Waals surface area contributed by atoms with E-state index in [0.717, 1.165) is 93.1 Å². The lowest BCUT2D eigenvalue weighted by Crippen LogP contribution is -2.29. The average Bonchev–Trinajstić information content (AvgIpc) is 2.99. The number of rotatable bonds is 6. The second-order valence-corrected chi connectivity index (χ2v) is 9.97. The number of nitrogens with zero attached hydrogens (tertiary/aromatic N) is 4. The average molecular weight is 464 g/mol. The molecule has 0 aromatic carbocycles. The molecule has 8 heteroatoms. The van der Waals surface area contributed by atoms with Crippen molar-refractivity contribution < 1.29 is 0 Å². The van der Waals surface area contributed by atoms with E-state index in [1.165, 1.54) is 16.2 Å². The number of anilines is 2. The Labute approximate surface area is 200 Å². The Balaban J connectivity index is 1.70. The summed E-state index contributed by atoms with van der Waals surface area (Å²) < 4.78 is 0. The number of allylic oxidation sites excluding steroid dienone is 2. The van der Waals surface area contributed by atoms with Crippen LogP contribution >= 0.6 is 11.3 Å². The van der Waals surface area contributed by atoms with Gasteiger partial charge in [-0.3, -0.25) is 0 Å². The normalized spacial score (nSPS) is 19.3. The summed E-state index contributed by atoms with van der Waals surface area (Å²) >= 11 is 1.52. The molecule has 2 aromatic heterocycles. The van der Waals surface area contributed by atoms with Crippen molar-refractivity contribution in [3.05, 3.63) is 39.5 Å². The van der Waals surface area contributed by atoms with Crippen molar-refractivity contribution >= 4 is 33.6 Å². The third-order valence-corrected chi connectivity index (χ3v) is 7.78. The van der Waals surface area contributed by atoms with E-state index in [1.54, 1.807) is 0 Å². The first-order chi connectivity index (χ1) is 16.0. The Morgan fingerprint density at radius 3 is 3.00 bits per heavy atom. The number of fused-ring (bicyclic) bond motifs is 1. The minimum absolute atomic E-state index is 0.0774. The number of nitrogens with one attached hydrogen (secondary N) is 2. The number of hydrogen-bond acceptors (Lipinski definition) is 8. The standard InChI is InChI=1S/C25H33N7S/c1-3-6-17(23(27)18-7-4-8-21-22(18)19(15-26)24(28)33-21)16(2)20-9-11-30-25(31-20)32-13-5-10-29-12-14-32/h9,11,18,27,29H,3-8,10,12-14,28H2,1-2H3/b17-16+,27-23?/t18-/m0/s1. The Morgan fingerprint density at radius 2 is 2.21 bits per heavy atom. The molecule has 0 radical (unpaired) electrons. The van der Waals surface area contributed by atoms with Gasteiger partial charge in [0.15, 0.2) is 0 Å². The summed E-state index contributed by atoms with van der Waals surface area (Å²) in [5, 5.41) is 23.0. The second-order valence-electron chi connectivity index (χ2n) is 8.83. The SMILES string of the molecule is CCC/C(C(=N)[C@H]1CCCc2sc(N)c(C#N)c21)=C(/C)c1ccnc(N2CCCNCC2)n1. The molecule has 174 valence electrons. The Kier molecular flexibility index (Phi) is 7.41. The smallest absolute Gasteiger partial charge is 0.225 e. The zero-order valence-corrected chi connectivity index (χ0v) is 20.4. The van der Waals surface area contributed by atoms with Gasteiger partial charge in [-0.05, 0) is 68.3 Å². The molecule has 1 atom stereocenters. The Morgan fingerprint density at radius 1 is 1.36 bits per heavy atom. The molecule has 33 heavy (non-hydrogen) atoms. The van der Waals surface area contributed by atoms with Gasteiger partial charge >= 0.3 is 0 Å². The monoisotopic (exact) mass is 463 g/mol. The van der Waals surface area contributed by atoms with Gasteiger partial charge in [-0.1, -0.05) is 13.3 Å². The van der Waals surface area contributed by atoms with E-state index in [0.29, 0.717) is 16.3 Å². The van der Waals surface area contributed by atoms with Crippen LogP contribution in [0.1, 0.15) is 73.6 Å². The van der Waals surface area contributed by atoms with Crippen molar-refractivity contribution in [2.75, 3.05) is 36.8 Å². The fourth-order valence-electron chi connectivity index (χ4n) is 4.97. The van der Waals surface area contributed by atoms with Crippen molar-refractivity contribution in [3.8, 4) is 6.07 Å². The molecule has 1 saturated heterocycles. The van der Waals surface area contributed by atoms with Gasteiger partial charge < -0.3 is 21.4 Å². The van der Waals surface area contributed by atoms with E-state index in [4.69, 9.17) is 10.7 Å². The number of thiophene rings is 1. The van der Waals surface area contributed by atoms with E-state index in [-0.39, 0.29) is 5.92 Å². The predicted octanol–water partition coefficient (Wildman–Crippen LogP) is 4.51. The zero-order valence-electron chi connectivity index (χ0n) is 19.6. The van der Waals surface area contributed by atoms with Crippen molar-refractivity contribution in [2.24, 2.45) is 0 Å². The van der Waals surface area contributed by atoms with Gasteiger partial charge in [-0.25, -0.2) is 9.97 Å². The van der Waals surface area contributed by atoms with Crippen molar-refractivity contribution in [2.45, 2.75) is 58.3 Å². The number of nitriles is 1. The van der Waals surface area contributed by atoms with Crippen molar-refractivity contribution in [3.63, 3.8) is 0 Å². The minimum atomic E-state index is -0.0774. The lowest BCUT2D eigenvalue weighted by molar-refractivity contribution is 0.654. The van der Waals surface area contributed by atoms with Crippen LogP contribution in [-0.2, 0) is 6.42 Å². The molecular formula is C25H33N7S. The molecule has 3 heterocycles. The molecule has 2 aliphatic rings. The molecular weight excluding hydrogens is 430 g/mol. The number of nitrogens with two attached hydrogens (primary N) is 1. The summed E-state index contributed by atoms with van der Waals surface area (Å²) in [6.45, 7) is 8.01. The van der Waals surface area contributed by atoms with Crippen molar-refractivity contribution in [1.82, 2.24) is 15.3 Å². The quantitative estimate of drug-likeness (QED) is 0.543. The summed E-state index contributed by atoms with van der Waals surface area (Å²) in [4.78, 5) is 12.9. The van der Waals surface area contributed by atoms with E-state index in [1.807, 2.05) is 12.3 Å². The van der Waals surface area contributed by atoms with Crippen LogP contribution in [0.5, 0.6) is 0 Å². The number of hydrogen-bond donors (Lipinski definition) is 3. The maximum atomic E-state index is 9.73. The van der Waals surface area contributed by atoms with Gasteiger partial charge in [0.25, 0.3) is 0 Å². The summed E-state index contributed by atoms with van der Waals surface area (Å²) in [5.74, 6) is 0.682. The molecule has 0 spiro atoms. The summed E-state index contributed by atoms with van der Waals surface area (Å²) in [6.07, 6.45) is 7.51. The second kappa shape index (κ2) is 10.4. The van der Waals surface area contributed by atoms with Gasteiger partial charge in [0.2, 0.25) is 5.95 Å². The molecule has 1 aliphatic carbocycles. The van der Waals surface area contributed by atoms with Crippen LogP contribution in [0, 0.1) is 16.7 Å². The number of aryl methyl sites for hydroxylation is 1. The molecule has 0 amide bonds. The van der Waals surface area contributed by atoms with E-state index in [2.05, 4.69) is 35.1 Å². The molecule has 0 saturated carbocycles. The van der Waals surface area contributed by atoms with E-state index in [9.17, 15) is 10.7 Å². The zero-order chi connectivity index (χ0) is 23.4. The highest BCUT2D eigenvalue weighted by molar-refractivity contribution is 7.16. The predicted molar refractivity (Wildman–Crippen MR) is 136 cm³/mol. The fraction of sp³-hybridized carbons (Fsp3) is 0.520. The molecule has 7 nitrogen and oxygen atoms in total. The van der Waals surface area contributed by atoms with Gasteiger partial charge in [-0.2, -0.15) is 5.26 Å². The number of aromatic nitrogens is 2. The Bertz CT molecular complexity index is 1090. The first-order valence-corrected chi connectivity index (χ1v) is 12.8. The van der Waals surface area contributed by atoms with Crippen LogP contribution in [0.15, 0.2) is 17.8 Å². The maximum absolute atomic E-state index is 9.73. The topological polar surface area (TPSA) is 115 Å². The third kappa shape index (κ3) is 4.80. The molecule has 4 N–H and O–H groups in total. The van der Waals surface area contributed by atoms with Crippen LogP contribution in [-0.4, -0.2) is 41.9 Å². The highest BCUT2D eigenvalue weighted by Gasteiger charge is 2.32. The summed E-state index contributed by atoms with van der Waals surface area (Å²) in [6, 6.07) is 4.26. The first-order valence-electron chi connectivity index (χ1n) is 11.9. The molecule has 0 bridgehead atoms.